The average molecular weight is 667 g/mol. The van der Waals surface area contributed by atoms with Crippen molar-refractivity contribution in [2.45, 2.75) is 79.4 Å². The molecule has 3 saturated heterocycles. The van der Waals surface area contributed by atoms with Crippen LogP contribution in [0.2, 0.25) is 0 Å². The SMILES string of the molecule is COc1cc(/C=C/CO[C@@H]2O[C@H](CO)[C@H](O)[C@H](O)[C@H]2O)cc(OC)c1O[C@@H]1O[C@H](CO)[C@@H](O)[C@H](O)[C@H]1O[C@@H]1OC[C@](O)(CO)[C@H]1O. The molecule has 13 atom stereocenters. The minimum Gasteiger partial charge on any atom is -0.493 e. The van der Waals surface area contributed by atoms with Crippen molar-refractivity contribution in [1.29, 1.82) is 0 Å². The topological polar surface area (TPSA) is 276 Å². The summed E-state index contributed by atoms with van der Waals surface area (Å²) in [5, 5.41) is 101. The average Bonchev–Trinajstić information content (AvgIpc) is 3.35. The lowest BCUT2D eigenvalue weighted by Crippen LogP contribution is -2.62. The van der Waals surface area contributed by atoms with Gasteiger partial charge in [0.05, 0.1) is 47.3 Å². The quantitative estimate of drug-likeness (QED) is 0.0945. The highest BCUT2D eigenvalue weighted by molar-refractivity contribution is 5.62. The Balaban J connectivity index is 1.51. The maximum atomic E-state index is 10.9. The number of ether oxygens (including phenoxy) is 8. The van der Waals surface area contributed by atoms with Gasteiger partial charge in [0.25, 0.3) is 0 Å². The van der Waals surface area contributed by atoms with E-state index in [9.17, 15) is 51.1 Å². The van der Waals surface area contributed by atoms with E-state index in [1.165, 1.54) is 32.4 Å². The number of aliphatic hydroxyl groups is 10. The van der Waals surface area contributed by atoms with E-state index in [0.29, 0.717) is 5.56 Å². The summed E-state index contributed by atoms with van der Waals surface area (Å²) in [6, 6.07) is 3.06. The van der Waals surface area contributed by atoms with Gasteiger partial charge in [-0.05, 0) is 17.7 Å². The van der Waals surface area contributed by atoms with E-state index < -0.39 is 106 Å². The first-order valence-electron chi connectivity index (χ1n) is 14.3. The molecule has 0 spiro atoms. The fourth-order valence-corrected chi connectivity index (χ4v) is 5.13. The second-order valence-corrected chi connectivity index (χ2v) is 11.0. The van der Waals surface area contributed by atoms with Crippen LogP contribution in [0.25, 0.3) is 6.08 Å². The van der Waals surface area contributed by atoms with Crippen molar-refractivity contribution < 1.29 is 89.0 Å². The Morgan fingerprint density at radius 3 is 1.93 bits per heavy atom. The van der Waals surface area contributed by atoms with Gasteiger partial charge < -0.3 is 89.0 Å². The van der Waals surface area contributed by atoms with Crippen molar-refractivity contribution in [1.82, 2.24) is 0 Å². The maximum Gasteiger partial charge on any atom is 0.230 e. The van der Waals surface area contributed by atoms with Gasteiger partial charge in [0.2, 0.25) is 12.0 Å². The zero-order chi connectivity index (χ0) is 33.8. The molecule has 4 rings (SSSR count). The molecule has 0 amide bonds. The van der Waals surface area contributed by atoms with Crippen molar-refractivity contribution >= 4 is 6.08 Å². The molecule has 0 unspecified atom stereocenters. The van der Waals surface area contributed by atoms with Crippen LogP contribution in [0.5, 0.6) is 17.2 Å². The third kappa shape index (κ3) is 7.57. The molecule has 10 N–H and O–H groups in total. The summed E-state index contributed by atoms with van der Waals surface area (Å²) >= 11 is 0. The predicted molar refractivity (Wildman–Crippen MR) is 149 cm³/mol. The van der Waals surface area contributed by atoms with Crippen LogP contribution in [-0.2, 0) is 23.7 Å². The molecule has 3 aliphatic rings. The van der Waals surface area contributed by atoms with Crippen molar-refractivity contribution in [3.05, 3.63) is 23.8 Å². The summed E-state index contributed by atoms with van der Waals surface area (Å²) in [6.07, 6.45) is -15.1. The van der Waals surface area contributed by atoms with Gasteiger partial charge in [0.1, 0.15) is 54.4 Å². The third-order valence-corrected chi connectivity index (χ3v) is 7.93. The van der Waals surface area contributed by atoms with Gasteiger partial charge in [-0.15, -0.1) is 0 Å². The number of aliphatic hydroxyl groups excluding tert-OH is 9. The van der Waals surface area contributed by atoms with Crippen molar-refractivity contribution in [3.63, 3.8) is 0 Å². The number of hydrogen-bond acceptors (Lipinski definition) is 18. The van der Waals surface area contributed by atoms with E-state index in [2.05, 4.69) is 0 Å². The third-order valence-electron chi connectivity index (χ3n) is 7.93. The van der Waals surface area contributed by atoms with Crippen LogP contribution in [0.1, 0.15) is 5.56 Å². The second kappa shape index (κ2) is 15.8. The van der Waals surface area contributed by atoms with Crippen LogP contribution in [0.3, 0.4) is 0 Å². The smallest absolute Gasteiger partial charge is 0.230 e. The molecular formula is C28H42O18. The maximum absolute atomic E-state index is 10.9. The van der Waals surface area contributed by atoms with Gasteiger partial charge in [-0.25, -0.2) is 0 Å². The Morgan fingerprint density at radius 2 is 1.39 bits per heavy atom. The number of methoxy groups -OCH3 is 2. The molecule has 262 valence electrons. The molecule has 1 aromatic rings. The van der Waals surface area contributed by atoms with Gasteiger partial charge in [0.15, 0.2) is 30.2 Å². The monoisotopic (exact) mass is 666 g/mol. The highest BCUT2D eigenvalue weighted by Gasteiger charge is 2.53. The van der Waals surface area contributed by atoms with Gasteiger partial charge in [-0.1, -0.05) is 12.2 Å². The largest absolute Gasteiger partial charge is 0.493 e. The second-order valence-electron chi connectivity index (χ2n) is 11.0. The molecule has 0 radical (unpaired) electrons. The molecule has 3 heterocycles. The van der Waals surface area contributed by atoms with Crippen LogP contribution in [-0.4, -0.2) is 178 Å². The molecule has 0 saturated carbocycles. The summed E-state index contributed by atoms with van der Waals surface area (Å²) in [4.78, 5) is 0. The molecule has 18 heteroatoms. The van der Waals surface area contributed by atoms with Crippen LogP contribution >= 0.6 is 0 Å². The lowest BCUT2D eigenvalue weighted by molar-refractivity contribution is -0.319. The highest BCUT2D eigenvalue weighted by Crippen LogP contribution is 2.41. The van der Waals surface area contributed by atoms with E-state index in [-0.39, 0.29) is 23.9 Å². The summed E-state index contributed by atoms with van der Waals surface area (Å²) in [7, 11) is 2.67. The predicted octanol–water partition coefficient (Wildman–Crippen LogP) is -4.82. The molecule has 0 aromatic heterocycles. The zero-order valence-electron chi connectivity index (χ0n) is 25.0. The van der Waals surface area contributed by atoms with Gasteiger partial charge >= 0.3 is 0 Å². The van der Waals surface area contributed by atoms with Gasteiger partial charge in [0, 0.05) is 0 Å². The molecular weight excluding hydrogens is 624 g/mol. The van der Waals surface area contributed by atoms with Gasteiger partial charge in [-0.2, -0.15) is 0 Å². The molecule has 0 bridgehead atoms. The van der Waals surface area contributed by atoms with E-state index in [4.69, 9.17) is 37.9 Å². The lowest BCUT2D eigenvalue weighted by Gasteiger charge is -2.42. The van der Waals surface area contributed by atoms with Gasteiger partial charge in [-0.3, -0.25) is 0 Å². The van der Waals surface area contributed by atoms with Crippen molar-refractivity contribution in [2.75, 3.05) is 47.3 Å². The first-order chi connectivity index (χ1) is 21.9. The van der Waals surface area contributed by atoms with Crippen molar-refractivity contribution in [2.24, 2.45) is 0 Å². The standard InChI is InChI=1S/C28H42O18/c1-39-13-6-12(4-3-5-41-25-21(36)19(34)17(32)15(8-29)43-25)7-14(40-2)22(13)45-26-23(20(35)18(33)16(9-30)44-26)46-27-24(37)28(38,10-31)11-42-27/h3-4,6-7,15-21,23-27,29-38H,5,8-11H2,1-2H3/b4-3+/t15-,16-,17+,18-,19+,20+,21-,23-,24+,25-,26+,27+,28-/m1/s1. The van der Waals surface area contributed by atoms with Crippen LogP contribution in [0.4, 0.5) is 0 Å². The number of rotatable bonds is 13. The Hall–Kier alpha value is -2.24. The van der Waals surface area contributed by atoms with Crippen LogP contribution in [0, 0.1) is 0 Å². The fraction of sp³-hybridized carbons (Fsp3) is 0.714. The minimum atomic E-state index is -2.04. The van der Waals surface area contributed by atoms with Crippen molar-refractivity contribution in [3.8, 4) is 17.2 Å². The van der Waals surface area contributed by atoms with E-state index in [0.717, 1.165) is 0 Å². The Morgan fingerprint density at radius 1 is 0.804 bits per heavy atom. The van der Waals surface area contributed by atoms with E-state index in [1.54, 1.807) is 6.08 Å². The normalized spacial score (nSPS) is 39.9. The number of hydrogen-bond donors (Lipinski definition) is 10. The lowest BCUT2D eigenvalue weighted by atomic mass is 9.98. The van der Waals surface area contributed by atoms with E-state index >= 15 is 0 Å². The molecule has 3 fully saturated rings. The molecule has 46 heavy (non-hydrogen) atoms. The molecule has 0 aliphatic carbocycles. The Labute approximate surface area is 263 Å². The van der Waals surface area contributed by atoms with E-state index in [1.807, 2.05) is 0 Å². The zero-order valence-corrected chi connectivity index (χ0v) is 25.0. The fourth-order valence-electron chi connectivity index (χ4n) is 5.13. The minimum absolute atomic E-state index is 0.0432. The van der Waals surface area contributed by atoms with Crippen LogP contribution in [0.15, 0.2) is 18.2 Å². The van der Waals surface area contributed by atoms with Crippen LogP contribution < -0.4 is 14.2 Å². The highest BCUT2D eigenvalue weighted by atomic mass is 16.8. The number of benzene rings is 1. The summed E-state index contributed by atoms with van der Waals surface area (Å²) in [6.45, 7) is -2.76. The Kier molecular flexibility index (Phi) is 12.5. The molecule has 1 aromatic carbocycles. The summed E-state index contributed by atoms with van der Waals surface area (Å²) < 4.78 is 44.4. The molecule has 18 nitrogen and oxygen atoms in total. The Bertz CT molecular complexity index is 1130. The summed E-state index contributed by atoms with van der Waals surface area (Å²) in [5.74, 6) is 0.159. The summed E-state index contributed by atoms with van der Waals surface area (Å²) in [5.41, 5.74) is -1.53. The molecule has 3 aliphatic heterocycles. The first kappa shape index (κ1) is 36.6. The first-order valence-corrected chi connectivity index (χ1v) is 14.3.